The van der Waals surface area contributed by atoms with Gasteiger partial charge in [0.2, 0.25) is 15.9 Å². The number of benzene rings is 1. The van der Waals surface area contributed by atoms with Crippen LogP contribution in [0.5, 0.6) is 5.88 Å². The van der Waals surface area contributed by atoms with E-state index in [1.807, 2.05) is 22.9 Å². The molecule has 2 N–H and O–H groups in total. The smallest absolute Gasteiger partial charge is 0.332 e. The summed E-state index contributed by atoms with van der Waals surface area (Å²) < 4.78 is 31.1. The highest BCUT2D eigenvalue weighted by molar-refractivity contribution is 7.89. The Kier molecular flexibility index (Phi) is 6.18. The number of rotatable bonds is 5. The summed E-state index contributed by atoms with van der Waals surface area (Å²) in [5.41, 5.74) is 4.59. The molecule has 1 aromatic carbocycles. The average molecular weight is 444 g/mol. The number of ether oxygens (including phenoxy) is 1. The van der Waals surface area contributed by atoms with Gasteiger partial charge >= 0.3 is 6.03 Å². The van der Waals surface area contributed by atoms with Gasteiger partial charge in [-0.15, -0.1) is 0 Å². The van der Waals surface area contributed by atoms with Crippen LogP contribution in [0.25, 0.3) is 11.1 Å². The molecule has 31 heavy (non-hydrogen) atoms. The van der Waals surface area contributed by atoms with Gasteiger partial charge in [0.15, 0.2) is 0 Å². The van der Waals surface area contributed by atoms with Gasteiger partial charge in [-0.1, -0.05) is 19.1 Å². The van der Waals surface area contributed by atoms with Gasteiger partial charge in [-0.2, -0.15) is 0 Å². The number of nitrogens with zero attached hydrogens (tertiary/aromatic N) is 1. The first-order chi connectivity index (χ1) is 14.8. The number of fused-ring (bicyclic) bond motifs is 1. The molecule has 0 bridgehead atoms. The molecule has 2 aromatic rings. The van der Waals surface area contributed by atoms with Gasteiger partial charge in [0.25, 0.3) is 0 Å². The van der Waals surface area contributed by atoms with E-state index in [1.54, 1.807) is 6.20 Å². The van der Waals surface area contributed by atoms with E-state index in [2.05, 4.69) is 23.3 Å². The summed E-state index contributed by atoms with van der Waals surface area (Å²) in [5.74, 6) is 1.32. The lowest BCUT2D eigenvalue weighted by molar-refractivity contribution is 0.130. The number of nitrogens with one attached hydrogen (secondary N) is 2. The van der Waals surface area contributed by atoms with E-state index in [-0.39, 0.29) is 6.10 Å². The Morgan fingerprint density at radius 3 is 2.65 bits per heavy atom. The Bertz CT molecular complexity index is 1080. The minimum absolute atomic E-state index is 0.178. The van der Waals surface area contributed by atoms with E-state index in [0.717, 1.165) is 61.0 Å². The summed E-state index contributed by atoms with van der Waals surface area (Å²) in [5, 5.41) is 2.78. The third-order valence-electron chi connectivity index (χ3n) is 6.10. The Morgan fingerprint density at radius 2 is 1.90 bits per heavy atom. The van der Waals surface area contributed by atoms with Gasteiger partial charge in [-0.3, -0.25) is 0 Å². The molecule has 2 aliphatic carbocycles. The molecule has 1 saturated carbocycles. The number of aryl methyl sites for hydroxylation is 1. The molecule has 0 aliphatic heterocycles. The van der Waals surface area contributed by atoms with E-state index in [4.69, 9.17) is 4.74 Å². The minimum atomic E-state index is -3.65. The van der Waals surface area contributed by atoms with E-state index in [9.17, 15) is 13.2 Å². The number of carbonyl (C=O) groups excluding carboxylic acids is 1. The van der Waals surface area contributed by atoms with Crippen molar-refractivity contribution in [3.8, 4) is 17.0 Å². The largest absolute Gasteiger partial charge is 0.474 e. The molecule has 2 amide bonds. The third-order valence-corrected chi connectivity index (χ3v) is 6.65. The molecule has 4 rings (SSSR count). The van der Waals surface area contributed by atoms with Crippen LogP contribution in [0.2, 0.25) is 0 Å². The molecule has 7 nitrogen and oxygen atoms in total. The van der Waals surface area contributed by atoms with Crippen LogP contribution in [0.15, 0.2) is 30.5 Å². The lowest BCUT2D eigenvalue weighted by atomic mass is 9.89. The molecule has 1 aromatic heterocycles. The van der Waals surface area contributed by atoms with Crippen LogP contribution >= 0.6 is 0 Å². The zero-order valence-electron chi connectivity index (χ0n) is 18.0. The van der Waals surface area contributed by atoms with Crippen molar-refractivity contribution in [1.82, 2.24) is 9.71 Å². The summed E-state index contributed by atoms with van der Waals surface area (Å²) in [6.07, 6.45) is 10.0. The summed E-state index contributed by atoms with van der Waals surface area (Å²) >= 11 is 0. The van der Waals surface area contributed by atoms with Crippen LogP contribution in [0.4, 0.5) is 10.5 Å². The van der Waals surface area contributed by atoms with Crippen LogP contribution in [0, 0.1) is 5.92 Å². The highest BCUT2D eigenvalue weighted by Gasteiger charge is 2.23. The number of sulfonamides is 1. The number of anilines is 1. The van der Waals surface area contributed by atoms with Crippen LogP contribution < -0.4 is 14.8 Å². The average Bonchev–Trinajstić information content (AvgIpc) is 3.18. The van der Waals surface area contributed by atoms with Crippen LogP contribution in [0.1, 0.15) is 50.2 Å². The summed E-state index contributed by atoms with van der Waals surface area (Å²) in [7, 11) is -3.65. The molecule has 1 fully saturated rings. The van der Waals surface area contributed by atoms with E-state index in [0.29, 0.717) is 11.6 Å². The molecule has 0 radical (unpaired) electrons. The molecule has 0 unspecified atom stereocenters. The maximum atomic E-state index is 12.3. The Balaban J connectivity index is 1.62. The zero-order valence-corrected chi connectivity index (χ0v) is 18.8. The zero-order chi connectivity index (χ0) is 22.0. The highest BCUT2D eigenvalue weighted by Crippen LogP contribution is 2.38. The number of pyridine rings is 1. The summed E-state index contributed by atoms with van der Waals surface area (Å²) in [4.78, 5) is 16.7. The molecule has 1 heterocycles. The number of aromatic nitrogens is 1. The molecule has 0 saturated heterocycles. The van der Waals surface area contributed by atoms with E-state index in [1.165, 1.54) is 18.4 Å². The van der Waals surface area contributed by atoms with Crippen molar-refractivity contribution < 1.29 is 17.9 Å². The van der Waals surface area contributed by atoms with Crippen LogP contribution in [-0.2, 0) is 22.9 Å². The summed E-state index contributed by atoms with van der Waals surface area (Å²) in [6, 6.07) is 7.08. The van der Waals surface area contributed by atoms with Crippen molar-refractivity contribution in [3.05, 3.63) is 41.6 Å². The van der Waals surface area contributed by atoms with Gasteiger partial charge in [-0.25, -0.2) is 22.9 Å². The number of hydrogen-bond acceptors (Lipinski definition) is 5. The fraction of sp³-hybridized carbons (Fsp3) is 0.478. The second kappa shape index (κ2) is 8.86. The quantitative estimate of drug-likeness (QED) is 0.719. The monoisotopic (exact) mass is 443 g/mol. The highest BCUT2D eigenvalue weighted by atomic mass is 32.2. The van der Waals surface area contributed by atoms with Crippen LogP contribution in [-0.4, -0.2) is 31.8 Å². The van der Waals surface area contributed by atoms with Crippen molar-refractivity contribution in [2.45, 2.75) is 58.0 Å². The SMILES string of the molecule is CC1CCC(Oc2cc(-c3ccc4c(c3NC(=O)NS(C)(=O)=O)CCC4)ccn2)CC1. The fourth-order valence-corrected chi connectivity index (χ4v) is 4.90. The van der Waals surface area contributed by atoms with Crippen molar-refractivity contribution in [3.63, 3.8) is 0 Å². The maximum absolute atomic E-state index is 12.3. The molecule has 8 heteroatoms. The standard InChI is InChI=1S/C23H29N3O4S/c1-15-6-9-18(10-7-15)30-21-14-17(12-13-24-21)20-11-8-16-4-3-5-19(16)22(20)25-23(27)26-31(2,28)29/h8,11-15,18H,3-7,9-10H2,1-2H3,(H2,25,26,27). The van der Waals surface area contributed by atoms with Crippen molar-refractivity contribution in [2.24, 2.45) is 5.92 Å². The van der Waals surface area contributed by atoms with Gasteiger partial charge in [-0.05, 0) is 73.6 Å². The first-order valence-electron chi connectivity index (χ1n) is 10.8. The van der Waals surface area contributed by atoms with Gasteiger partial charge in [0, 0.05) is 17.8 Å². The number of carbonyl (C=O) groups is 1. The predicted molar refractivity (Wildman–Crippen MR) is 121 cm³/mol. The molecular formula is C23H29N3O4S. The second-order valence-corrected chi connectivity index (χ2v) is 10.4. The van der Waals surface area contributed by atoms with Crippen molar-refractivity contribution >= 4 is 21.7 Å². The molecule has 0 spiro atoms. The maximum Gasteiger partial charge on any atom is 0.332 e. The van der Waals surface area contributed by atoms with Gasteiger partial charge in [0.05, 0.1) is 11.9 Å². The molecule has 2 aliphatic rings. The third kappa shape index (κ3) is 5.36. The number of amides is 2. The summed E-state index contributed by atoms with van der Waals surface area (Å²) in [6.45, 7) is 2.28. The van der Waals surface area contributed by atoms with E-state index < -0.39 is 16.1 Å². The normalized spacial score (nSPS) is 20.7. The minimum Gasteiger partial charge on any atom is -0.474 e. The Morgan fingerprint density at radius 1 is 1.13 bits per heavy atom. The predicted octanol–water partition coefficient (Wildman–Crippen LogP) is 4.28. The lowest BCUT2D eigenvalue weighted by Gasteiger charge is -2.26. The Hall–Kier alpha value is -2.61. The van der Waals surface area contributed by atoms with Crippen molar-refractivity contribution in [1.29, 1.82) is 0 Å². The lowest BCUT2D eigenvalue weighted by Crippen LogP contribution is -2.33. The fourth-order valence-electron chi connectivity index (χ4n) is 4.52. The topological polar surface area (TPSA) is 97.4 Å². The van der Waals surface area contributed by atoms with Gasteiger partial charge in [0.1, 0.15) is 6.10 Å². The van der Waals surface area contributed by atoms with Crippen molar-refractivity contribution in [2.75, 3.05) is 11.6 Å². The number of urea groups is 1. The van der Waals surface area contributed by atoms with Gasteiger partial charge < -0.3 is 10.1 Å². The molecular weight excluding hydrogens is 414 g/mol. The number of hydrogen-bond donors (Lipinski definition) is 2. The van der Waals surface area contributed by atoms with E-state index >= 15 is 0 Å². The molecule has 166 valence electrons. The van der Waals surface area contributed by atoms with Crippen LogP contribution in [0.3, 0.4) is 0 Å². The Labute approximate surface area is 183 Å². The first-order valence-corrected chi connectivity index (χ1v) is 12.7. The second-order valence-electron chi connectivity index (χ2n) is 8.69. The molecule has 0 atom stereocenters. The first kappa shape index (κ1) is 21.6.